The van der Waals surface area contributed by atoms with Gasteiger partial charge in [-0.3, -0.25) is 4.90 Å². The van der Waals surface area contributed by atoms with Crippen molar-refractivity contribution < 1.29 is 0 Å². The Kier molecular flexibility index (Phi) is 6.59. The van der Waals surface area contributed by atoms with Crippen LogP contribution in [-0.4, -0.2) is 41.1 Å². The molecule has 1 aliphatic rings. The molecule has 0 spiro atoms. The number of thioether (sulfide) groups is 1. The zero-order chi connectivity index (χ0) is 15.2. The summed E-state index contributed by atoms with van der Waals surface area (Å²) in [6.07, 6.45) is 1.13. The van der Waals surface area contributed by atoms with Gasteiger partial charge in [0, 0.05) is 36.2 Å². The van der Waals surface area contributed by atoms with Gasteiger partial charge in [-0.15, -0.1) is 0 Å². The van der Waals surface area contributed by atoms with E-state index in [9.17, 15) is 0 Å². The van der Waals surface area contributed by atoms with Gasteiger partial charge in [-0.05, 0) is 31.0 Å². The van der Waals surface area contributed by atoms with Crippen LogP contribution < -0.4 is 5.32 Å². The van der Waals surface area contributed by atoms with Crippen LogP contribution in [0.25, 0.3) is 0 Å². The van der Waals surface area contributed by atoms with Gasteiger partial charge in [-0.1, -0.05) is 45.0 Å². The first kappa shape index (κ1) is 16.9. The Balaban J connectivity index is 1.99. The number of hydrogen-bond donors (Lipinski definition) is 1. The fraction of sp³-hybridized carbons (Fsp3) is 0.667. The highest BCUT2D eigenvalue weighted by Crippen LogP contribution is 2.26. The second kappa shape index (κ2) is 8.21. The average molecular weight is 307 g/mol. The minimum absolute atomic E-state index is 0.567. The zero-order valence-corrected chi connectivity index (χ0v) is 14.7. The van der Waals surface area contributed by atoms with Gasteiger partial charge in [0.05, 0.1) is 0 Å². The molecular weight excluding hydrogens is 276 g/mol. The van der Waals surface area contributed by atoms with Crippen LogP contribution in [0, 0.1) is 0 Å². The molecule has 1 aromatic rings. The van der Waals surface area contributed by atoms with Gasteiger partial charge >= 0.3 is 0 Å². The number of rotatable bonds is 6. The summed E-state index contributed by atoms with van der Waals surface area (Å²) in [5.74, 6) is 1.27. The quantitative estimate of drug-likeness (QED) is 0.865. The van der Waals surface area contributed by atoms with Crippen LogP contribution in [-0.2, 0) is 13.0 Å². The van der Waals surface area contributed by atoms with E-state index in [1.165, 1.54) is 23.4 Å². The van der Waals surface area contributed by atoms with Gasteiger partial charge in [-0.25, -0.2) is 0 Å². The molecule has 0 amide bonds. The smallest absolute Gasteiger partial charge is 0.0240 e. The van der Waals surface area contributed by atoms with E-state index in [0.717, 1.165) is 24.8 Å². The molecule has 0 bridgehead atoms. The topological polar surface area (TPSA) is 15.3 Å². The third kappa shape index (κ3) is 5.01. The van der Waals surface area contributed by atoms with E-state index < -0.39 is 0 Å². The van der Waals surface area contributed by atoms with Gasteiger partial charge in [0.1, 0.15) is 0 Å². The summed E-state index contributed by atoms with van der Waals surface area (Å²) >= 11 is 2.11. The second-order valence-corrected chi connectivity index (χ2v) is 7.90. The van der Waals surface area contributed by atoms with Crippen LogP contribution >= 0.6 is 11.8 Å². The lowest BCUT2D eigenvalue weighted by molar-refractivity contribution is 0.204. The van der Waals surface area contributed by atoms with Gasteiger partial charge in [0.2, 0.25) is 0 Å². The molecule has 21 heavy (non-hydrogen) atoms. The second-order valence-electron chi connectivity index (χ2n) is 6.41. The molecule has 0 saturated carbocycles. The minimum atomic E-state index is 0.567. The monoisotopic (exact) mass is 306 g/mol. The molecule has 1 aliphatic heterocycles. The Hall–Kier alpha value is -0.510. The zero-order valence-electron chi connectivity index (χ0n) is 13.9. The van der Waals surface area contributed by atoms with E-state index in [-0.39, 0.29) is 0 Å². The summed E-state index contributed by atoms with van der Waals surface area (Å²) in [5, 5.41) is 4.27. The van der Waals surface area contributed by atoms with Crippen molar-refractivity contribution in [1.29, 1.82) is 0 Å². The van der Waals surface area contributed by atoms with Crippen molar-refractivity contribution in [1.82, 2.24) is 10.2 Å². The van der Waals surface area contributed by atoms with Crippen LogP contribution in [0.1, 0.15) is 38.8 Å². The Labute approximate surface area is 134 Å². The van der Waals surface area contributed by atoms with Crippen molar-refractivity contribution in [2.45, 2.75) is 58.0 Å². The minimum Gasteiger partial charge on any atom is -0.314 e. The summed E-state index contributed by atoms with van der Waals surface area (Å²) < 4.78 is 0. The van der Waals surface area contributed by atoms with Gasteiger partial charge in [-0.2, -0.15) is 11.8 Å². The standard InChI is InChI=1S/C18H30N2S/c1-14(2)19-10-9-17-7-5-6-8-18(17)13-20-11-12-21-16(4)15(20)3/h5-8,14-16,19H,9-13H2,1-4H3. The highest BCUT2D eigenvalue weighted by Gasteiger charge is 2.25. The van der Waals surface area contributed by atoms with Crippen LogP contribution in [0.2, 0.25) is 0 Å². The maximum Gasteiger partial charge on any atom is 0.0240 e. The fourth-order valence-electron chi connectivity index (χ4n) is 2.89. The van der Waals surface area contributed by atoms with Crippen molar-refractivity contribution in [2.75, 3.05) is 18.8 Å². The Morgan fingerprint density at radius 1 is 1.24 bits per heavy atom. The van der Waals surface area contributed by atoms with Crippen molar-refractivity contribution in [3.63, 3.8) is 0 Å². The van der Waals surface area contributed by atoms with Crippen molar-refractivity contribution >= 4 is 11.8 Å². The maximum atomic E-state index is 3.52. The number of benzene rings is 1. The lowest BCUT2D eigenvalue weighted by Gasteiger charge is -2.37. The van der Waals surface area contributed by atoms with Gasteiger partial charge < -0.3 is 5.32 Å². The third-order valence-corrected chi connectivity index (χ3v) is 5.79. The van der Waals surface area contributed by atoms with Crippen LogP contribution in [0.4, 0.5) is 0 Å². The molecule has 2 rings (SSSR count). The van der Waals surface area contributed by atoms with E-state index in [1.807, 2.05) is 0 Å². The predicted octanol–water partition coefficient (Wildman–Crippen LogP) is 3.55. The predicted molar refractivity (Wildman–Crippen MR) is 95.1 cm³/mol. The van der Waals surface area contributed by atoms with Gasteiger partial charge in [0.25, 0.3) is 0 Å². The van der Waals surface area contributed by atoms with E-state index in [1.54, 1.807) is 0 Å². The molecular formula is C18H30N2S. The third-order valence-electron chi connectivity index (χ3n) is 4.45. The van der Waals surface area contributed by atoms with Crippen molar-refractivity contribution in [3.8, 4) is 0 Å². The molecule has 0 aromatic heterocycles. The summed E-state index contributed by atoms with van der Waals surface area (Å²) in [6, 6.07) is 10.2. The molecule has 3 heteroatoms. The largest absolute Gasteiger partial charge is 0.314 e. The normalized spacial score (nSPS) is 23.7. The van der Waals surface area contributed by atoms with Gasteiger partial charge in [0.15, 0.2) is 0 Å². The number of hydrogen-bond acceptors (Lipinski definition) is 3. The molecule has 0 aliphatic carbocycles. The number of nitrogens with zero attached hydrogens (tertiary/aromatic N) is 1. The first-order chi connectivity index (χ1) is 10.1. The Morgan fingerprint density at radius 3 is 2.67 bits per heavy atom. The van der Waals surface area contributed by atoms with Crippen molar-refractivity contribution in [2.24, 2.45) is 0 Å². The summed E-state index contributed by atoms with van der Waals surface area (Å²) in [4.78, 5) is 2.65. The fourth-order valence-corrected chi connectivity index (χ4v) is 4.05. The molecule has 118 valence electrons. The molecule has 2 nitrogen and oxygen atoms in total. The lowest BCUT2D eigenvalue weighted by atomic mass is 10.0. The lowest BCUT2D eigenvalue weighted by Crippen LogP contribution is -2.44. The maximum absolute atomic E-state index is 3.52. The highest BCUT2D eigenvalue weighted by atomic mass is 32.2. The summed E-state index contributed by atoms with van der Waals surface area (Å²) in [5.41, 5.74) is 3.01. The van der Waals surface area contributed by atoms with Crippen LogP contribution in [0.5, 0.6) is 0 Å². The first-order valence-electron chi connectivity index (χ1n) is 8.23. The summed E-state index contributed by atoms with van der Waals surface area (Å²) in [6.45, 7) is 12.5. The van der Waals surface area contributed by atoms with Crippen LogP contribution in [0.15, 0.2) is 24.3 Å². The van der Waals surface area contributed by atoms with Crippen molar-refractivity contribution in [3.05, 3.63) is 35.4 Å². The molecule has 2 atom stereocenters. The van der Waals surface area contributed by atoms with Crippen LogP contribution in [0.3, 0.4) is 0 Å². The molecule has 1 N–H and O–H groups in total. The van der Waals surface area contributed by atoms with E-state index >= 15 is 0 Å². The SMILES string of the molecule is CC(C)NCCc1ccccc1CN1CCSC(C)C1C. The highest BCUT2D eigenvalue weighted by molar-refractivity contribution is 8.00. The molecule has 1 aromatic carbocycles. The Bertz CT molecular complexity index is 433. The molecule has 1 heterocycles. The number of nitrogens with one attached hydrogen (secondary N) is 1. The summed E-state index contributed by atoms with van der Waals surface area (Å²) in [7, 11) is 0. The van der Waals surface area contributed by atoms with E-state index in [0.29, 0.717) is 12.1 Å². The van der Waals surface area contributed by atoms with E-state index in [4.69, 9.17) is 0 Å². The van der Waals surface area contributed by atoms with E-state index in [2.05, 4.69) is 73.9 Å². The molecule has 1 fully saturated rings. The molecule has 0 radical (unpaired) electrons. The molecule has 2 unspecified atom stereocenters. The molecule has 1 saturated heterocycles. The Morgan fingerprint density at radius 2 is 1.95 bits per heavy atom. The first-order valence-corrected chi connectivity index (χ1v) is 9.28. The average Bonchev–Trinajstić information content (AvgIpc) is 2.45.